The first-order valence-electron chi connectivity index (χ1n) is 1.55. The van der Waals surface area contributed by atoms with Crippen LogP contribution in [0.3, 0.4) is 0 Å². The van der Waals surface area contributed by atoms with Gasteiger partial charge in [-0.05, 0) is 0 Å². The molecule has 0 aliphatic heterocycles. The Morgan fingerprint density at radius 2 is 1.18 bits per heavy atom. The Hall–Kier alpha value is 3.28. The molecule has 0 rings (SSSR count). The van der Waals surface area contributed by atoms with Gasteiger partial charge in [0.2, 0.25) is 0 Å². The Morgan fingerprint density at radius 3 is 1.18 bits per heavy atom. The Morgan fingerprint density at radius 1 is 1.09 bits per heavy atom. The van der Waals surface area contributed by atoms with Gasteiger partial charge in [-0.25, -0.2) is 11.5 Å². The van der Waals surface area contributed by atoms with E-state index in [0.717, 1.165) is 0 Å². The molecule has 0 amide bonds. The number of rotatable bonds is 1. The molecule has 11 heavy (non-hydrogen) atoms. The van der Waals surface area contributed by atoms with Crippen LogP contribution in [-0.4, -0.2) is 62.7 Å². The topological polar surface area (TPSA) is 101 Å². The van der Waals surface area contributed by atoms with Crippen molar-refractivity contribution < 1.29 is 59.9 Å². The summed E-state index contributed by atoms with van der Waals surface area (Å²) in [6.45, 7) is -2.19. The van der Waals surface area contributed by atoms with Gasteiger partial charge in [0, 0.05) is 18.4 Å². The van der Waals surface area contributed by atoms with Crippen molar-refractivity contribution >= 4 is 86.1 Å². The molecule has 0 aliphatic carbocycles. The summed E-state index contributed by atoms with van der Waals surface area (Å²) < 4.78 is 3.11. The number of hydrogen-bond acceptors (Lipinski definition) is 5. The normalized spacial score (nSPS) is 6.00. The second kappa shape index (κ2) is 18.9. The summed E-state index contributed by atoms with van der Waals surface area (Å²) in [6, 6.07) is 0. The van der Waals surface area contributed by atoms with Gasteiger partial charge in [0.1, 0.15) is 0 Å². The Kier molecular flexibility index (Phi) is 41.0. The van der Waals surface area contributed by atoms with Crippen LogP contribution >= 0.6 is 23.3 Å². The molecule has 0 radical (unpaired) electrons. The molecule has 0 bridgehead atoms. The summed E-state index contributed by atoms with van der Waals surface area (Å²) in [4.78, 5) is 0. The first-order chi connectivity index (χ1) is 4.00. The second-order valence-corrected chi connectivity index (χ2v) is 1.19. The van der Waals surface area contributed by atoms with Crippen molar-refractivity contribution in [1.82, 2.24) is 0 Å². The smallest absolute Gasteiger partial charge is 0.881 e. The molecule has 0 aromatic rings. The third-order valence-corrected chi connectivity index (χ3v) is 0.218. The van der Waals surface area contributed by atoms with Crippen molar-refractivity contribution in [1.29, 1.82) is 0 Å². The van der Waals surface area contributed by atoms with Gasteiger partial charge in [-0.1, -0.05) is 0 Å². The van der Waals surface area contributed by atoms with Gasteiger partial charge < -0.3 is 24.3 Å². The largest absolute Gasteiger partial charge is 3.00 e. The molecule has 11 heteroatoms. The maximum atomic E-state index is 8.99. The van der Waals surface area contributed by atoms with E-state index in [1.165, 1.54) is 0 Å². The molecule has 0 unspecified atom stereocenters. The molecule has 0 N–H and O–H groups in total. The molecule has 0 spiro atoms. The van der Waals surface area contributed by atoms with Crippen LogP contribution in [0.5, 0.6) is 0 Å². The average Bonchev–Trinajstić information content (AvgIpc) is 1.65. The minimum absolute atomic E-state index is 0. The second-order valence-electron chi connectivity index (χ2n) is 0.652. The van der Waals surface area contributed by atoms with Gasteiger partial charge >= 0.3 is 84.5 Å². The van der Waals surface area contributed by atoms with Gasteiger partial charge in [-0.2, -0.15) is 0 Å². The van der Waals surface area contributed by atoms with E-state index in [4.69, 9.17) is 20.1 Å². The van der Waals surface area contributed by atoms with E-state index in [9.17, 15) is 0 Å². The van der Waals surface area contributed by atoms with Crippen LogP contribution in [0.2, 0.25) is 0 Å². The molecule has 0 fully saturated rings. The zero-order chi connectivity index (χ0) is 7.86. The summed E-state index contributed by atoms with van der Waals surface area (Å²) >= 11 is 8.38. The first kappa shape index (κ1) is 23.8. The molecule has 54 valence electrons. The van der Waals surface area contributed by atoms with E-state index in [1.54, 1.807) is 0 Å². The minimum Gasteiger partial charge on any atom is -0.881 e. The van der Waals surface area contributed by atoms with Gasteiger partial charge in [0.25, 0.3) is 0 Å². The monoisotopic (exact) mass is 449 g/mol. The minimum atomic E-state index is -2.35. The summed E-state index contributed by atoms with van der Waals surface area (Å²) in [5.74, 6) is 0. The predicted molar refractivity (Wildman–Crippen MR) is 30.1 cm³/mol. The molecular formula is B2BaCl2LaO5+. The van der Waals surface area contributed by atoms with Crippen LogP contribution in [0.15, 0.2) is 0 Å². The van der Waals surface area contributed by atoms with Gasteiger partial charge in [0.05, 0.1) is 7.32 Å². The zero-order valence-corrected chi connectivity index (χ0v) is 14.8. The maximum Gasteiger partial charge on any atom is 3.00 e. The molecule has 5 nitrogen and oxygen atoms in total. The van der Waals surface area contributed by atoms with Crippen molar-refractivity contribution in [2.24, 2.45) is 0 Å². The van der Waals surface area contributed by atoms with Crippen LogP contribution < -0.4 is 20.1 Å². The van der Waals surface area contributed by atoms with E-state index in [-0.39, 0.29) is 84.5 Å². The molecule has 0 heterocycles. The van der Waals surface area contributed by atoms with E-state index in [2.05, 4.69) is 27.5 Å². The Labute approximate surface area is 143 Å². The average molecular weight is 449 g/mol. The number of halogens is 2. The number of hydrogen-bond donors (Lipinski definition) is 0. The van der Waals surface area contributed by atoms with Gasteiger partial charge in [0.15, 0.2) is 0 Å². The Balaban J connectivity index is -0.0000000383. The summed E-state index contributed by atoms with van der Waals surface area (Å²) in [5.41, 5.74) is 0. The third-order valence-electron chi connectivity index (χ3n) is 0.0727. The molecule has 0 saturated heterocycles. The van der Waals surface area contributed by atoms with Crippen LogP contribution in [0.1, 0.15) is 0 Å². The fourth-order valence-corrected chi connectivity index (χ4v) is 0. The van der Waals surface area contributed by atoms with Crippen molar-refractivity contribution in [3.05, 3.63) is 0 Å². The van der Waals surface area contributed by atoms with E-state index >= 15 is 0 Å². The quantitative estimate of drug-likeness (QED) is 0.376. The third kappa shape index (κ3) is 60.6. The first-order valence-corrected chi connectivity index (χ1v) is 2.30. The molecule has 0 aromatic heterocycles. The summed E-state index contributed by atoms with van der Waals surface area (Å²) in [7, 11) is -2.35. The molecule has 0 atom stereocenters. The van der Waals surface area contributed by atoms with E-state index in [1.807, 2.05) is 0 Å². The van der Waals surface area contributed by atoms with E-state index < -0.39 is 13.9 Å². The van der Waals surface area contributed by atoms with Crippen LogP contribution in [-0.2, 0) is 4.21 Å². The zero-order valence-electron chi connectivity index (χ0n) is 5.24. The fourth-order valence-electron chi connectivity index (χ4n) is 0. The van der Waals surface area contributed by atoms with Crippen LogP contribution in [0, 0.1) is 35.6 Å². The van der Waals surface area contributed by atoms with Gasteiger partial charge in [-0.15, -0.1) is 0 Å². The molecule has 0 aliphatic rings. The summed E-state index contributed by atoms with van der Waals surface area (Å²) in [6.07, 6.45) is 0. The van der Waals surface area contributed by atoms with Crippen molar-refractivity contribution in [3.8, 4) is 0 Å². The maximum absolute atomic E-state index is 8.99. The SMILES string of the molecule is [Ba+2].[La+3].[O-]B([O-])Cl.[O-]B([O-])OCl. The fraction of sp³-hybridized carbons (Fsp3) is 0. The predicted octanol–water partition coefficient (Wildman–Crippen LogP) is -4.59. The molecular weight excluding hydrogens is 449 g/mol. The van der Waals surface area contributed by atoms with Gasteiger partial charge in [-0.3, -0.25) is 0 Å². The molecule has 0 saturated carbocycles. The van der Waals surface area contributed by atoms with E-state index in [0.29, 0.717) is 0 Å². The van der Waals surface area contributed by atoms with Crippen LogP contribution in [0.4, 0.5) is 0 Å². The van der Waals surface area contributed by atoms with Crippen LogP contribution in [0.25, 0.3) is 0 Å². The van der Waals surface area contributed by atoms with Crippen molar-refractivity contribution in [3.63, 3.8) is 0 Å². The van der Waals surface area contributed by atoms with Crippen molar-refractivity contribution in [2.45, 2.75) is 0 Å². The Bertz CT molecular complexity index is 55.0. The molecule has 0 aromatic carbocycles. The summed E-state index contributed by atoms with van der Waals surface area (Å²) in [5, 5.41) is 35.4. The van der Waals surface area contributed by atoms with Crippen molar-refractivity contribution in [2.75, 3.05) is 0 Å². The standard InChI is InChI=1S/BClO3.BClO2.Ba.La/c2-5-1(3)4;2-1(3)4;;/q2*-2;+2;+3.